The minimum atomic E-state index is -0.380. The predicted octanol–water partition coefficient (Wildman–Crippen LogP) is 5.48. The van der Waals surface area contributed by atoms with Crippen LogP contribution in [0.15, 0.2) is 42.5 Å². The average molecular weight is 398 g/mol. The molecule has 1 amide bonds. The molecule has 29 heavy (non-hydrogen) atoms. The van der Waals surface area contributed by atoms with Crippen LogP contribution in [0.4, 0.5) is 5.69 Å². The van der Waals surface area contributed by atoms with E-state index in [-0.39, 0.29) is 11.9 Å². The first-order valence-electron chi connectivity index (χ1n) is 10.2. The Morgan fingerprint density at radius 1 is 1.07 bits per heavy atom. The van der Waals surface area contributed by atoms with E-state index in [0.29, 0.717) is 43.2 Å². The summed E-state index contributed by atoms with van der Waals surface area (Å²) >= 11 is 0. The van der Waals surface area contributed by atoms with Gasteiger partial charge in [0.25, 0.3) is 0 Å². The monoisotopic (exact) mass is 397 g/mol. The van der Waals surface area contributed by atoms with Gasteiger partial charge in [0.1, 0.15) is 5.75 Å². The molecule has 0 aliphatic rings. The Kier molecular flexibility index (Phi) is 8.71. The minimum absolute atomic E-state index is 0.112. The lowest BCUT2D eigenvalue weighted by Gasteiger charge is -2.12. The van der Waals surface area contributed by atoms with Crippen molar-refractivity contribution < 1.29 is 19.1 Å². The SMILES string of the molecule is CCCOC(=O)c1cccc(NC(=O)CCCOc2ccc(C(C)C)c(C)c2)c1. The van der Waals surface area contributed by atoms with Crippen LogP contribution in [0.5, 0.6) is 5.75 Å². The van der Waals surface area contributed by atoms with Gasteiger partial charge in [0.15, 0.2) is 0 Å². The molecule has 0 saturated carbocycles. The van der Waals surface area contributed by atoms with Crippen LogP contribution < -0.4 is 10.1 Å². The van der Waals surface area contributed by atoms with Gasteiger partial charge in [0.2, 0.25) is 5.91 Å². The molecule has 0 fully saturated rings. The molecule has 0 aliphatic heterocycles. The largest absolute Gasteiger partial charge is 0.494 e. The molecule has 0 aliphatic carbocycles. The summed E-state index contributed by atoms with van der Waals surface area (Å²) in [5.41, 5.74) is 3.55. The quantitative estimate of drug-likeness (QED) is 0.426. The van der Waals surface area contributed by atoms with Crippen LogP contribution in [-0.2, 0) is 9.53 Å². The number of carbonyl (C=O) groups is 2. The van der Waals surface area contributed by atoms with Gasteiger partial charge in [-0.2, -0.15) is 0 Å². The number of rotatable bonds is 10. The van der Waals surface area contributed by atoms with Crippen LogP contribution in [-0.4, -0.2) is 25.1 Å². The van der Waals surface area contributed by atoms with Crippen molar-refractivity contribution >= 4 is 17.6 Å². The van der Waals surface area contributed by atoms with Crippen molar-refractivity contribution in [1.29, 1.82) is 0 Å². The number of nitrogens with one attached hydrogen (secondary N) is 1. The summed E-state index contributed by atoms with van der Waals surface area (Å²) in [6, 6.07) is 12.9. The van der Waals surface area contributed by atoms with Gasteiger partial charge < -0.3 is 14.8 Å². The lowest BCUT2D eigenvalue weighted by atomic mass is 9.98. The first kappa shape index (κ1) is 22.5. The molecule has 0 aromatic heterocycles. The van der Waals surface area contributed by atoms with Crippen molar-refractivity contribution in [3.8, 4) is 5.75 Å². The number of amides is 1. The van der Waals surface area contributed by atoms with Crippen LogP contribution in [0.2, 0.25) is 0 Å². The van der Waals surface area contributed by atoms with Crippen LogP contribution in [0.1, 0.15) is 67.4 Å². The number of anilines is 1. The number of carbonyl (C=O) groups excluding carboxylic acids is 2. The van der Waals surface area contributed by atoms with Crippen molar-refractivity contribution in [3.63, 3.8) is 0 Å². The Labute approximate surface area is 173 Å². The summed E-state index contributed by atoms with van der Waals surface area (Å²) in [5.74, 6) is 0.819. The highest BCUT2D eigenvalue weighted by Crippen LogP contribution is 2.23. The molecule has 2 aromatic carbocycles. The van der Waals surface area contributed by atoms with Crippen molar-refractivity contribution in [3.05, 3.63) is 59.2 Å². The maximum atomic E-state index is 12.2. The van der Waals surface area contributed by atoms with E-state index in [2.05, 4.69) is 32.2 Å². The van der Waals surface area contributed by atoms with Gasteiger partial charge in [0, 0.05) is 12.1 Å². The molecule has 1 N–H and O–H groups in total. The number of aryl methyl sites for hydroxylation is 1. The molecule has 2 aromatic rings. The molecular formula is C24H31NO4. The van der Waals surface area contributed by atoms with Gasteiger partial charge in [-0.3, -0.25) is 4.79 Å². The van der Waals surface area contributed by atoms with Crippen molar-refractivity contribution in [2.45, 2.75) is 52.9 Å². The normalized spacial score (nSPS) is 10.7. The molecule has 5 heteroatoms. The van der Waals surface area contributed by atoms with Crippen LogP contribution in [0, 0.1) is 6.92 Å². The topological polar surface area (TPSA) is 64.6 Å². The van der Waals surface area contributed by atoms with E-state index in [4.69, 9.17) is 9.47 Å². The summed E-state index contributed by atoms with van der Waals surface area (Å²) in [4.78, 5) is 24.1. The lowest BCUT2D eigenvalue weighted by Crippen LogP contribution is -2.13. The smallest absolute Gasteiger partial charge is 0.338 e. The fourth-order valence-corrected chi connectivity index (χ4v) is 3.03. The van der Waals surface area contributed by atoms with Gasteiger partial charge in [-0.05, 0) is 67.1 Å². The summed E-state index contributed by atoms with van der Waals surface area (Å²) in [7, 11) is 0. The Balaban J connectivity index is 1.77. The highest BCUT2D eigenvalue weighted by Gasteiger charge is 2.09. The third kappa shape index (κ3) is 7.26. The number of benzene rings is 2. The standard InChI is InChI=1S/C24H31NO4/c1-5-13-29-24(27)19-8-6-9-20(16-19)25-23(26)10-7-14-28-21-11-12-22(17(2)3)18(4)15-21/h6,8-9,11-12,15-17H,5,7,10,13-14H2,1-4H3,(H,25,26). The molecular weight excluding hydrogens is 366 g/mol. The molecule has 2 rings (SSSR count). The van der Waals surface area contributed by atoms with E-state index in [1.54, 1.807) is 24.3 Å². The molecule has 0 heterocycles. The third-order valence-electron chi connectivity index (χ3n) is 4.50. The number of hydrogen-bond acceptors (Lipinski definition) is 4. The Bertz CT molecular complexity index is 829. The average Bonchev–Trinajstić information content (AvgIpc) is 2.69. The zero-order chi connectivity index (χ0) is 21.2. The molecule has 0 bridgehead atoms. The van der Waals surface area contributed by atoms with Crippen molar-refractivity contribution in [2.75, 3.05) is 18.5 Å². The van der Waals surface area contributed by atoms with E-state index in [0.717, 1.165) is 12.2 Å². The molecule has 0 spiro atoms. The van der Waals surface area contributed by atoms with Crippen LogP contribution >= 0.6 is 0 Å². The fraction of sp³-hybridized carbons (Fsp3) is 0.417. The van der Waals surface area contributed by atoms with Gasteiger partial charge in [0.05, 0.1) is 18.8 Å². The van der Waals surface area contributed by atoms with Gasteiger partial charge in [-0.15, -0.1) is 0 Å². The summed E-state index contributed by atoms with van der Waals surface area (Å²) < 4.78 is 10.9. The zero-order valence-corrected chi connectivity index (χ0v) is 17.8. The highest BCUT2D eigenvalue weighted by atomic mass is 16.5. The van der Waals surface area contributed by atoms with E-state index in [1.165, 1.54) is 11.1 Å². The second-order valence-electron chi connectivity index (χ2n) is 7.39. The first-order chi connectivity index (χ1) is 13.9. The second kappa shape index (κ2) is 11.2. The predicted molar refractivity (Wildman–Crippen MR) is 116 cm³/mol. The van der Waals surface area contributed by atoms with E-state index < -0.39 is 0 Å². The molecule has 0 atom stereocenters. The Hall–Kier alpha value is -2.82. The number of esters is 1. The lowest BCUT2D eigenvalue weighted by molar-refractivity contribution is -0.116. The van der Waals surface area contributed by atoms with Gasteiger partial charge >= 0.3 is 5.97 Å². The highest BCUT2D eigenvalue weighted by molar-refractivity contribution is 5.94. The Morgan fingerprint density at radius 2 is 1.86 bits per heavy atom. The summed E-state index contributed by atoms with van der Waals surface area (Å²) in [6.07, 6.45) is 1.72. The van der Waals surface area contributed by atoms with Crippen molar-refractivity contribution in [2.24, 2.45) is 0 Å². The van der Waals surface area contributed by atoms with E-state index >= 15 is 0 Å². The Morgan fingerprint density at radius 3 is 2.55 bits per heavy atom. The van der Waals surface area contributed by atoms with Gasteiger partial charge in [-0.1, -0.05) is 32.9 Å². The number of hydrogen-bond donors (Lipinski definition) is 1. The van der Waals surface area contributed by atoms with Crippen LogP contribution in [0.3, 0.4) is 0 Å². The summed E-state index contributed by atoms with van der Waals surface area (Å²) in [5, 5.41) is 2.82. The number of ether oxygens (including phenoxy) is 2. The summed E-state index contributed by atoms with van der Waals surface area (Å²) in [6.45, 7) is 9.22. The minimum Gasteiger partial charge on any atom is -0.494 e. The molecule has 0 unspecified atom stereocenters. The molecule has 156 valence electrons. The van der Waals surface area contributed by atoms with E-state index in [9.17, 15) is 9.59 Å². The molecule has 5 nitrogen and oxygen atoms in total. The molecule has 0 radical (unpaired) electrons. The zero-order valence-electron chi connectivity index (χ0n) is 17.8. The molecule has 0 saturated heterocycles. The second-order valence-corrected chi connectivity index (χ2v) is 7.39. The van der Waals surface area contributed by atoms with Crippen molar-refractivity contribution in [1.82, 2.24) is 0 Å². The van der Waals surface area contributed by atoms with Gasteiger partial charge in [-0.25, -0.2) is 4.79 Å². The maximum absolute atomic E-state index is 12.2. The third-order valence-corrected chi connectivity index (χ3v) is 4.50. The first-order valence-corrected chi connectivity index (χ1v) is 10.2. The maximum Gasteiger partial charge on any atom is 0.338 e. The van der Waals surface area contributed by atoms with Crippen LogP contribution in [0.25, 0.3) is 0 Å². The van der Waals surface area contributed by atoms with E-state index in [1.807, 2.05) is 19.1 Å². The fourth-order valence-electron chi connectivity index (χ4n) is 3.03.